The van der Waals surface area contributed by atoms with Gasteiger partial charge in [0.25, 0.3) is 0 Å². The largest absolute Gasteiger partial charge is 0.490 e. The molecular weight excluding hydrogens is 573 g/mol. The van der Waals surface area contributed by atoms with Gasteiger partial charge in [-0.15, -0.1) is 0 Å². The maximum Gasteiger partial charge on any atom is 0.340 e. The van der Waals surface area contributed by atoms with Gasteiger partial charge in [-0.1, -0.05) is 37.4 Å². The number of carbonyl (C=O) groups is 1. The number of rotatable bonds is 6. The van der Waals surface area contributed by atoms with Gasteiger partial charge in [-0.05, 0) is 40.7 Å². The quantitative estimate of drug-likeness (QED) is 0.239. The first kappa shape index (κ1) is 29.7. The van der Waals surface area contributed by atoms with Crippen LogP contribution in [0.25, 0.3) is 0 Å². The van der Waals surface area contributed by atoms with Crippen molar-refractivity contribution in [1.29, 1.82) is 0 Å². The summed E-state index contributed by atoms with van der Waals surface area (Å²) in [6.07, 6.45) is -6.68. The number of esters is 1. The number of ether oxygens (including phenoxy) is 3. The van der Waals surface area contributed by atoms with E-state index in [9.17, 15) is 29.6 Å². The molecule has 11 heteroatoms. The Morgan fingerprint density at radius 2 is 1.63 bits per heavy atom. The Morgan fingerprint density at radius 3 is 2.33 bits per heavy atom. The van der Waals surface area contributed by atoms with Crippen LogP contribution in [0, 0.1) is 0 Å². The maximum absolute atomic E-state index is 14.7. The molecule has 3 aromatic carbocycles. The Kier molecular flexibility index (Phi) is 7.39. The van der Waals surface area contributed by atoms with E-state index in [0.29, 0.717) is 16.7 Å². The lowest BCUT2D eigenvalue weighted by Crippen LogP contribution is -2.63. The van der Waals surface area contributed by atoms with Crippen molar-refractivity contribution in [2.45, 2.75) is 55.9 Å². The molecule has 43 heavy (non-hydrogen) atoms. The highest BCUT2D eigenvalue weighted by Gasteiger charge is 2.56. The maximum atomic E-state index is 14.7. The molecule has 0 saturated carbocycles. The number of hydrogen-bond acceptors (Lipinski definition) is 9. The zero-order valence-corrected chi connectivity index (χ0v) is 25.5. The van der Waals surface area contributed by atoms with Crippen LogP contribution < -0.4 is 20.0 Å². The number of nitrogens with zero attached hydrogens (tertiary/aromatic N) is 1. The summed E-state index contributed by atoms with van der Waals surface area (Å²) in [5.74, 6) is -0.214. The topological polar surface area (TPSA) is 129 Å². The lowest BCUT2D eigenvalue weighted by Gasteiger charge is -2.44. The Labute approximate surface area is 250 Å². The van der Waals surface area contributed by atoms with Crippen molar-refractivity contribution in [3.05, 3.63) is 82.4 Å². The van der Waals surface area contributed by atoms with Gasteiger partial charge in [-0.2, -0.15) is 0 Å². The summed E-state index contributed by atoms with van der Waals surface area (Å²) in [6, 6.07) is 16.9. The predicted octanol–water partition coefficient (Wildman–Crippen LogP) is 1.04. The summed E-state index contributed by atoms with van der Waals surface area (Å²) in [6.45, 7) is 2.68. The highest BCUT2D eigenvalue weighted by Crippen LogP contribution is 2.49. The minimum atomic E-state index is -2.54. The smallest absolute Gasteiger partial charge is 0.340 e. The average molecular weight is 610 g/mol. The molecule has 1 unspecified atom stereocenters. The van der Waals surface area contributed by atoms with Crippen LogP contribution in [0.15, 0.2) is 54.6 Å². The number of aliphatic hydroxyl groups excluding tert-OH is 4. The van der Waals surface area contributed by atoms with Gasteiger partial charge in [0, 0.05) is 42.0 Å². The molecule has 3 heterocycles. The lowest BCUT2D eigenvalue weighted by atomic mass is 9.78. The molecule has 6 rings (SSSR count). The number of benzene rings is 3. The van der Waals surface area contributed by atoms with E-state index in [2.05, 4.69) is 19.2 Å². The molecule has 9 nitrogen and oxygen atoms in total. The van der Waals surface area contributed by atoms with E-state index in [1.165, 1.54) is 0 Å². The number of aliphatic hydroxyl groups is 4. The standard InChI is InChI=1S/C32H36FNO8Si/c1-34(2)18-9-10-21-26(12-18)43(3,4)27-13-23(40-16-25-29(37)30(38)28(36)24(15-35)41-25)17(14-33)11-22(27)32(21)20-8-6-5-7-19(20)31(39)42-32/h5-13,24-25,28-30,35-38H,14-16H2,1-4H3/t24-,25+,28+,29+,30+,32?/m1/s1. The van der Waals surface area contributed by atoms with Crippen molar-refractivity contribution in [3.63, 3.8) is 0 Å². The van der Waals surface area contributed by atoms with E-state index in [1.807, 2.05) is 49.3 Å². The van der Waals surface area contributed by atoms with Crippen molar-refractivity contribution in [2.24, 2.45) is 0 Å². The van der Waals surface area contributed by atoms with E-state index in [0.717, 1.165) is 21.6 Å². The molecule has 3 aliphatic rings. The molecule has 1 saturated heterocycles. The van der Waals surface area contributed by atoms with Crippen LogP contribution in [0.4, 0.5) is 10.1 Å². The van der Waals surface area contributed by atoms with Gasteiger partial charge < -0.3 is 39.5 Å². The normalized spacial score (nSPS) is 28.6. The number of halogens is 1. The van der Waals surface area contributed by atoms with Gasteiger partial charge in [-0.25, -0.2) is 9.18 Å². The summed E-state index contributed by atoms with van der Waals surface area (Å²) < 4.78 is 32.8. The molecule has 0 bridgehead atoms. The minimum absolute atomic E-state index is 0.223. The first-order valence-corrected chi connectivity index (χ1v) is 17.3. The third kappa shape index (κ3) is 4.41. The van der Waals surface area contributed by atoms with Crippen LogP contribution in [-0.2, 0) is 21.7 Å². The lowest BCUT2D eigenvalue weighted by molar-refractivity contribution is -0.234. The minimum Gasteiger partial charge on any atom is -0.490 e. The number of hydrogen-bond donors (Lipinski definition) is 4. The summed E-state index contributed by atoms with van der Waals surface area (Å²) in [5.41, 5.74) is 2.66. The molecule has 1 fully saturated rings. The fourth-order valence-electron chi connectivity index (χ4n) is 6.70. The molecule has 3 aliphatic heterocycles. The predicted molar refractivity (Wildman–Crippen MR) is 160 cm³/mol. The van der Waals surface area contributed by atoms with Crippen molar-refractivity contribution in [3.8, 4) is 5.75 Å². The molecular formula is C32H36FNO8Si. The number of alkyl halides is 1. The number of carbonyl (C=O) groups excluding carboxylic acids is 1. The molecule has 0 aromatic heterocycles. The summed E-state index contributed by atoms with van der Waals surface area (Å²) in [5, 5.41) is 42.4. The fourth-order valence-corrected chi connectivity index (χ4v) is 9.85. The Balaban J connectivity index is 1.50. The zero-order chi connectivity index (χ0) is 30.8. The summed E-state index contributed by atoms with van der Waals surface area (Å²) in [7, 11) is 1.39. The van der Waals surface area contributed by atoms with E-state index in [4.69, 9.17) is 14.2 Å². The van der Waals surface area contributed by atoms with Crippen molar-refractivity contribution >= 4 is 30.1 Å². The van der Waals surface area contributed by atoms with Gasteiger partial charge >= 0.3 is 5.97 Å². The Bertz CT molecular complexity index is 1580. The summed E-state index contributed by atoms with van der Waals surface area (Å²) >= 11 is 0. The Hall–Kier alpha value is -3.32. The van der Waals surface area contributed by atoms with Crippen LogP contribution in [0.1, 0.15) is 32.6 Å². The van der Waals surface area contributed by atoms with Crippen LogP contribution in [0.3, 0.4) is 0 Å². The van der Waals surface area contributed by atoms with Gasteiger partial charge in [0.1, 0.15) is 57.6 Å². The third-order valence-electron chi connectivity index (χ3n) is 9.14. The first-order chi connectivity index (χ1) is 20.4. The van der Waals surface area contributed by atoms with Gasteiger partial charge in [-0.3, -0.25) is 0 Å². The van der Waals surface area contributed by atoms with Gasteiger partial charge in [0.05, 0.1) is 12.2 Å². The SMILES string of the molecule is CN(C)c1ccc2c(c1)[Si](C)(C)c1cc(OC[C@@H]3O[C@H](CO)[C@H](O)[C@H](O)[C@H]3O)c(CF)cc1C21OC(=O)c2ccccc21. The van der Waals surface area contributed by atoms with Gasteiger partial charge in [0.15, 0.2) is 5.60 Å². The number of anilines is 1. The highest BCUT2D eigenvalue weighted by atomic mass is 28.3. The third-order valence-corrected chi connectivity index (χ3v) is 12.7. The highest BCUT2D eigenvalue weighted by molar-refractivity contribution is 7.01. The fraction of sp³-hybridized carbons (Fsp3) is 0.406. The van der Waals surface area contributed by atoms with Crippen LogP contribution in [0.5, 0.6) is 5.75 Å². The van der Waals surface area contributed by atoms with Crippen LogP contribution >= 0.6 is 0 Å². The van der Waals surface area contributed by atoms with Crippen LogP contribution in [-0.4, -0.2) is 92.3 Å². The zero-order valence-electron chi connectivity index (χ0n) is 24.5. The summed E-state index contributed by atoms with van der Waals surface area (Å²) in [4.78, 5) is 15.3. The average Bonchev–Trinajstić information content (AvgIpc) is 3.30. The molecule has 0 aliphatic carbocycles. The number of fused-ring (bicyclic) bond motifs is 6. The molecule has 0 amide bonds. The Morgan fingerprint density at radius 1 is 0.930 bits per heavy atom. The van der Waals surface area contributed by atoms with Crippen molar-refractivity contribution in [2.75, 3.05) is 32.2 Å². The van der Waals surface area contributed by atoms with Crippen LogP contribution in [0.2, 0.25) is 13.1 Å². The second kappa shape index (κ2) is 10.7. The van der Waals surface area contributed by atoms with E-state index in [1.54, 1.807) is 18.2 Å². The molecule has 4 N–H and O–H groups in total. The first-order valence-electron chi connectivity index (χ1n) is 14.3. The molecule has 6 atom stereocenters. The van der Waals surface area contributed by atoms with Crippen molar-refractivity contribution in [1.82, 2.24) is 0 Å². The molecule has 1 spiro atoms. The molecule has 228 valence electrons. The van der Waals surface area contributed by atoms with Gasteiger partial charge in [0.2, 0.25) is 0 Å². The van der Waals surface area contributed by atoms with E-state index < -0.39 is 63.4 Å². The van der Waals surface area contributed by atoms with Crippen molar-refractivity contribution < 1.29 is 43.8 Å². The second-order valence-electron chi connectivity index (χ2n) is 12.2. The van der Waals surface area contributed by atoms with E-state index in [-0.39, 0.29) is 17.9 Å². The van der Waals surface area contributed by atoms with E-state index >= 15 is 0 Å². The molecule has 0 radical (unpaired) electrons. The second-order valence-corrected chi connectivity index (χ2v) is 16.5. The molecule has 3 aromatic rings. The monoisotopic (exact) mass is 609 g/mol.